The van der Waals surface area contributed by atoms with Gasteiger partial charge >= 0.3 is 6.09 Å². The predicted molar refractivity (Wildman–Crippen MR) is 129 cm³/mol. The monoisotopic (exact) mass is 487 g/mol. The molecule has 0 aliphatic carbocycles. The summed E-state index contributed by atoms with van der Waals surface area (Å²) in [5, 5.41) is 0.574. The third kappa shape index (κ3) is 4.06. The summed E-state index contributed by atoms with van der Waals surface area (Å²) in [5.74, 6) is -0.381. The maximum absolute atomic E-state index is 13.6. The van der Waals surface area contributed by atoms with Gasteiger partial charge in [-0.1, -0.05) is 12.1 Å². The second-order valence-corrected chi connectivity index (χ2v) is 8.21. The van der Waals surface area contributed by atoms with E-state index in [0.29, 0.717) is 40.8 Å². The molecule has 2 aliphatic rings. The third-order valence-electron chi connectivity index (χ3n) is 5.74. The Balaban J connectivity index is 0.00000126. The van der Waals surface area contributed by atoms with Crippen LogP contribution in [0.1, 0.15) is 24.2 Å². The van der Waals surface area contributed by atoms with Gasteiger partial charge in [-0.25, -0.2) is 19.2 Å². The first-order valence-corrected chi connectivity index (χ1v) is 11.7. The molecule has 0 saturated carbocycles. The van der Waals surface area contributed by atoms with Gasteiger partial charge in [0, 0.05) is 30.2 Å². The van der Waals surface area contributed by atoms with Gasteiger partial charge in [0.2, 0.25) is 0 Å². The van der Waals surface area contributed by atoms with Crippen molar-refractivity contribution in [3.63, 3.8) is 0 Å². The third-order valence-corrected chi connectivity index (χ3v) is 5.74. The summed E-state index contributed by atoms with van der Waals surface area (Å²) in [5.41, 5.74) is 7.28. The molecule has 2 fully saturated rings. The number of cyclic esters (lactones) is 1. The van der Waals surface area contributed by atoms with E-state index in [1.807, 2.05) is 13.8 Å². The first kappa shape index (κ1) is 23.1. The lowest BCUT2D eigenvalue weighted by Gasteiger charge is -2.55. The molecule has 2 N–H and O–H groups in total. The van der Waals surface area contributed by atoms with Crippen LogP contribution < -0.4 is 5.73 Å². The Kier molecular flexibility index (Phi) is 6.10. The zero-order valence-corrected chi connectivity index (χ0v) is 19.7. The molecule has 5 rings (SSSR count). The Hall–Kier alpha value is -3.05. The highest BCUT2D eigenvalue weighted by Gasteiger charge is 2.53. The van der Waals surface area contributed by atoms with Gasteiger partial charge < -0.3 is 15.4 Å². The molecule has 2 saturated heterocycles. The Morgan fingerprint density at radius 2 is 1.97 bits per heavy atom. The van der Waals surface area contributed by atoms with Crippen LogP contribution in [0.25, 0.3) is 22.2 Å². The zero-order chi connectivity index (χ0) is 23.9. The molecule has 8 nitrogen and oxygen atoms in total. The van der Waals surface area contributed by atoms with E-state index in [4.69, 9.17) is 10.5 Å². The maximum atomic E-state index is 13.6. The summed E-state index contributed by atoms with van der Waals surface area (Å²) in [6.07, 6.45) is 1.08. The first-order valence-electron chi connectivity index (χ1n) is 10.1. The molecular formula is C22H22FN5O3S2. The number of benzene rings is 1. The van der Waals surface area contributed by atoms with Crippen LogP contribution in [0.2, 0.25) is 0 Å². The highest BCUT2D eigenvalue weighted by molar-refractivity contribution is 8.59. The summed E-state index contributed by atoms with van der Waals surface area (Å²) >= 11 is 6.44. The standard InChI is InChI=1S/C22H20FN5O3.H2S2/c1-22(2)28(21(30)31-22)14-10-27(11-14)20(29)16-9-25-19(24)18-15(16)6-7-17(26-18)12-4-3-5-13(23)8-12;1-2/h3-9,14H,10-11H2,1-2H3,(H2,24,25);1-2H. The van der Waals surface area contributed by atoms with Crippen LogP contribution in [0.3, 0.4) is 0 Å². The van der Waals surface area contributed by atoms with Crippen LogP contribution in [0.15, 0.2) is 42.6 Å². The van der Waals surface area contributed by atoms with Crippen molar-refractivity contribution in [2.24, 2.45) is 0 Å². The van der Waals surface area contributed by atoms with Crippen molar-refractivity contribution in [3.8, 4) is 11.3 Å². The molecule has 33 heavy (non-hydrogen) atoms. The molecule has 2 aromatic heterocycles. The number of fused-ring (bicyclic) bond motifs is 1. The number of pyridine rings is 2. The van der Waals surface area contributed by atoms with Crippen LogP contribution in [-0.4, -0.2) is 56.6 Å². The van der Waals surface area contributed by atoms with Crippen molar-refractivity contribution in [2.75, 3.05) is 18.8 Å². The van der Waals surface area contributed by atoms with Crippen molar-refractivity contribution in [3.05, 3.63) is 54.0 Å². The number of halogens is 1. The highest BCUT2D eigenvalue weighted by atomic mass is 33.1. The molecule has 1 aromatic carbocycles. The van der Waals surface area contributed by atoms with Crippen LogP contribution in [0, 0.1) is 5.82 Å². The van der Waals surface area contributed by atoms with Gasteiger partial charge in [0.15, 0.2) is 5.72 Å². The number of amides is 2. The van der Waals surface area contributed by atoms with Crippen molar-refractivity contribution >= 4 is 52.0 Å². The van der Waals surface area contributed by atoms with Gasteiger partial charge in [-0.05, 0) is 38.1 Å². The Morgan fingerprint density at radius 1 is 1.24 bits per heavy atom. The lowest BCUT2D eigenvalue weighted by atomic mass is 10.00. The summed E-state index contributed by atoms with van der Waals surface area (Å²) in [4.78, 5) is 36.8. The van der Waals surface area contributed by atoms with Crippen molar-refractivity contribution < 1.29 is 18.7 Å². The average Bonchev–Trinajstić information content (AvgIpc) is 2.76. The SMILES string of the molecule is CC1(C)OC(=O)N1C1CN(C(=O)c2cnc(N)c3nc(-c4cccc(F)c4)ccc23)C1.SS. The van der Waals surface area contributed by atoms with Gasteiger partial charge in [-0.2, -0.15) is 0 Å². The number of nitrogen functional groups attached to an aromatic ring is 1. The molecule has 0 unspecified atom stereocenters. The number of hydrogen-bond donors (Lipinski definition) is 3. The molecule has 0 atom stereocenters. The summed E-state index contributed by atoms with van der Waals surface area (Å²) < 4.78 is 18.7. The number of hydrogen-bond acceptors (Lipinski definition) is 8. The number of carbonyl (C=O) groups excluding carboxylic acids is 2. The highest BCUT2D eigenvalue weighted by Crippen LogP contribution is 2.35. The van der Waals surface area contributed by atoms with Gasteiger partial charge in [0.1, 0.15) is 17.2 Å². The van der Waals surface area contributed by atoms with E-state index >= 15 is 0 Å². The van der Waals surface area contributed by atoms with Crippen molar-refractivity contribution in [1.82, 2.24) is 19.8 Å². The molecule has 2 amide bonds. The van der Waals surface area contributed by atoms with Crippen molar-refractivity contribution in [1.29, 1.82) is 0 Å². The van der Waals surface area contributed by atoms with Gasteiger partial charge in [0.05, 0.1) is 17.3 Å². The second-order valence-electron chi connectivity index (χ2n) is 8.21. The van der Waals surface area contributed by atoms with E-state index < -0.39 is 5.72 Å². The minimum atomic E-state index is -0.649. The van der Waals surface area contributed by atoms with E-state index in [1.165, 1.54) is 18.3 Å². The number of aromatic nitrogens is 2. The number of likely N-dealkylation sites (tertiary alicyclic amines) is 1. The molecule has 4 heterocycles. The average molecular weight is 488 g/mol. The van der Waals surface area contributed by atoms with E-state index in [9.17, 15) is 14.0 Å². The summed E-state index contributed by atoms with van der Waals surface area (Å²) in [7, 11) is 0. The number of ether oxygens (including phenoxy) is 1. The number of nitrogens with zero attached hydrogens (tertiary/aromatic N) is 4. The fourth-order valence-corrected chi connectivity index (χ4v) is 4.15. The zero-order valence-electron chi connectivity index (χ0n) is 17.9. The van der Waals surface area contributed by atoms with Gasteiger partial charge in [0.25, 0.3) is 5.91 Å². The molecule has 2 aliphatic heterocycles. The molecule has 3 aromatic rings. The normalized spacial score (nSPS) is 16.9. The number of nitrogens with two attached hydrogens (primary N) is 1. The molecule has 0 spiro atoms. The Bertz CT molecular complexity index is 1250. The van der Waals surface area contributed by atoms with E-state index in [-0.39, 0.29) is 29.7 Å². The number of thiol groups is 2. The number of rotatable bonds is 3. The number of carbonyl (C=O) groups is 2. The summed E-state index contributed by atoms with van der Waals surface area (Å²) in [6.45, 7) is 4.46. The molecule has 11 heteroatoms. The minimum absolute atomic E-state index is 0.0779. The molecule has 0 bridgehead atoms. The topological polar surface area (TPSA) is 102 Å². The van der Waals surface area contributed by atoms with Gasteiger partial charge in [-0.15, -0.1) is 23.3 Å². The Morgan fingerprint density at radius 3 is 2.61 bits per heavy atom. The largest absolute Gasteiger partial charge is 0.423 e. The van der Waals surface area contributed by atoms with Crippen LogP contribution >= 0.6 is 23.3 Å². The van der Waals surface area contributed by atoms with Crippen molar-refractivity contribution in [2.45, 2.75) is 25.6 Å². The molecule has 0 radical (unpaired) electrons. The second kappa shape index (κ2) is 8.71. The van der Waals surface area contributed by atoms with E-state index in [0.717, 1.165) is 0 Å². The molecule has 172 valence electrons. The lowest BCUT2D eigenvalue weighted by molar-refractivity contribution is -0.193. The smallest absolute Gasteiger partial charge is 0.415 e. The Labute approximate surface area is 200 Å². The maximum Gasteiger partial charge on any atom is 0.415 e. The minimum Gasteiger partial charge on any atom is -0.423 e. The van der Waals surface area contributed by atoms with E-state index in [2.05, 4.69) is 33.3 Å². The first-order chi connectivity index (χ1) is 15.7. The van der Waals surface area contributed by atoms with Crippen LogP contribution in [0.5, 0.6) is 0 Å². The fraction of sp³-hybridized carbons (Fsp3) is 0.273. The number of anilines is 1. The predicted octanol–water partition coefficient (Wildman–Crippen LogP) is 3.79. The van der Waals surface area contributed by atoms with Crippen LogP contribution in [-0.2, 0) is 4.74 Å². The van der Waals surface area contributed by atoms with Crippen LogP contribution in [0.4, 0.5) is 15.0 Å². The lowest BCUT2D eigenvalue weighted by Crippen LogP contribution is -2.73. The summed E-state index contributed by atoms with van der Waals surface area (Å²) in [6, 6.07) is 9.50. The quantitative estimate of drug-likeness (QED) is 0.384. The van der Waals surface area contributed by atoms with Gasteiger partial charge in [-0.3, -0.25) is 9.69 Å². The fourth-order valence-electron chi connectivity index (χ4n) is 4.15. The molecular weight excluding hydrogens is 465 g/mol. The van der Waals surface area contributed by atoms with E-state index in [1.54, 1.807) is 34.1 Å².